The molecule has 42 heavy (non-hydrogen) atoms. The minimum Gasteiger partial charge on any atom is -0.493 e. The maximum Gasteiger partial charge on any atom is 0.329 e. The number of hydrogen-bond acceptors (Lipinski definition) is 5. The van der Waals surface area contributed by atoms with Crippen LogP contribution in [-0.2, 0) is 9.53 Å². The molecule has 5 rings (SSSR count). The number of carbonyl (C=O) groups is 2. The summed E-state index contributed by atoms with van der Waals surface area (Å²) in [5.41, 5.74) is 1.30. The molecular weight excluding hydrogens is 578 g/mol. The number of nitrogens with zero attached hydrogens (tertiary/aromatic N) is 2. The fraction of sp³-hybridized carbons (Fsp3) is 0.576. The molecule has 2 heterocycles. The van der Waals surface area contributed by atoms with Gasteiger partial charge in [-0.25, -0.2) is 9.18 Å². The Balaban J connectivity index is 1.27. The lowest BCUT2D eigenvalue weighted by atomic mass is 9.95. The van der Waals surface area contributed by atoms with Crippen molar-refractivity contribution in [2.24, 2.45) is 5.92 Å². The van der Waals surface area contributed by atoms with Crippen LogP contribution in [0.3, 0.4) is 0 Å². The molecule has 3 aliphatic rings. The second-order valence-electron chi connectivity index (χ2n) is 13.0. The van der Waals surface area contributed by atoms with Crippen LogP contribution in [0.15, 0.2) is 30.3 Å². The van der Waals surface area contributed by atoms with Gasteiger partial charge in [0.05, 0.1) is 12.2 Å². The third-order valence-corrected chi connectivity index (χ3v) is 8.92. The van der Waals surface area contributed by atoms with Gasteiger partial charge in [-0.05, 0) is 114 Å². The van der Waals surface area contributed by atoms with Crippen LogP contribution < -0.4 is 4.74 Å². The van der Waals surface area contributed by atoms with Crippen molar-refractivity contribution in [1.29, 1.82) is 0 Å². The molecule has 3 fully saturated rings. The Morgan fingerprint density at radius 3 is 2.36 bits per heavy atom. The van der Waals surface area contributed by atoms with Crippen LogP contribution in [0, 0.1) is 11.7 Å². The molecule has 2 aromatic rings. The molecule has 0 radical (unpaired) electrons. The Hall–Kier alpha value is -2.35. The van der Waals surface area contributed by atoms with E-state index in [1.165, 1.54) is 11.0 Å². The van der Waals surface area contributed by atoms with E-state index >= 15 is 4.39 Å². The zero-order valence-electron chi connectivity index (χ0n) is 24.9. The number of carbonyl (C=O) groups excluding carboxylic acids is 2. The van der Waals surface area contributed by atoms with E-state index in [1.54, 1.807) is 32.9 Å². The van der Waals surface area contributed by atoms with E-state index in [0.29, 0.717) is 41.8 Å². The SMILES string of the molecule is CC(c1cc(Cl)cc(Cl)c1)N1CCC[C@H](COc2cc(F)c(C(=O)N3CCC[C@H]3C(=O)OC(C)(C)C)cc2C2CC2)C1. The zero-order chi connectivity index (χ0) is 30.2. The summed E-state index contributed by atoms with van der Waals surface area (Å²) < 4.78 is 27.4. The number of esters is 1. The minimum absolute atomic E-state index is 0.00226. The van der Waals surface area contributed by atoms with Crippen molar-refractivity contribution in [3.63, 3.8) is 0 Å². The van der Waals surface area contributed by atoms with Gasteiger partial charge in [0, 0.05) is 41.2 Å². The Labute approximate surface area is 258 Å². The molecule has 1 amide bonds. The summed E-state index contributed by atoms with van der Waals surface area (Å²) in [4.78, 5) is 30.2. The van der Waals surface area contributed by atoms with Crippen molar-refractivity contribution in [2.45, 2.75) is 89.8 Å². The van der Waals surface area contributed by atoms with Gasteiger partial charge in [-0.2, -0.15) is 0 Å². The molecule has 0 bridgehead atoms. The highest BCUT2D eigenvalue weighted by atomic mass is 35.5. The van der Waals surface area contributed by atoms with Gasteiger partial charge in [0.2, 0.25) is 0 Å². The quantitative estimate of drug-likeness (QED) is 0.282. The lowest BCUT2D eigenvalue weighted by Crippen LogP contribution is -2.43. The second-order valence-corrected chi connectivity index (χ2v) is 13.9. The number of ether oxygens (including phenoxy) is 2. The van der Waals surface area contributed by atoms with E-state index in [-0.39, 0.29) is 23.4 Å². The lowest BCUT2D eigenvalue weighted by molar-refractivity contribution is -0.159. The molecule has 6 nitrogen and oxygen atoms in total. The van der Waals surface area contributed by atoms with Gasteiger partial charge in [-0.3, -0.25) is 9.69 Å². The first-order valence-corrected chi connectivity index (χ1v) is 15.9. The highest BCUT2D eigenvalue weighted by molar-refractivity contribution is 6.34. The predicted molar refractivity (Wildman–Crippen MR) is 163 cm³/mol. The van der Waals surface area contributed by atoms with Gasteiger partial charge in [-0.15, -0.1) is 0 Å². The van der Waals surface area contributed by atoms with E-state index in [0.717, 1.165) is 49.9 Å². The lowest BCUT2D eigenvalue weighted by Gasteiger charge is -2.37. The molecule has 1 aliphatic carbocycles. The van der Waals surface area contributed by atoms with Crippen molar-refractivity contribution < 1.29 is 23.5 Å². The van der Waals surface area contributed by atoms with Gasteiger partial charge < -0.3 is 14.4 Å². The number of piperidine rings is 1. The molecule has 2 aliphatic heterocycles. The normalized spacial score (nSPS) is 22.2. The first-order valence-electron chi connectivity index (χ1n) is 15.1. The molecule has 1 saturated carbocycles. The Bertz CT molecular complexity index is 1310. The molecule has 0 N–H and O–H groups in total. The van der Waals surface area contributed by atoms with Crippen molar-refractivity contribution in [3.05, 3.63) is 62.9 Å². The second kappa shape index (κ2) is 12.7. The van der Waals surface area contributed by atoms with Crippen LogP contribution in [0.5, 0.6) is 5.75 Å². The largest absolute Gasteiger partial charge is 0.493 e. The summed E-state index contributed by atoms with van der Waals surface area (Å²) in [5.74, 6) is -0.471. The zero-order valence-corrected chi connectivity index (χ0v) is 26.4. The molecule has 3 atom stereocenters. The van der Waals surface area contributed by atoms with Crippen LogP contribution in [0.25, 0.3) is 0 Å². The molecule has 2 saturated heterocycles. The number of hydrogen-bond donors (Lipinski definition) is 0. The summed E-state index contributed by atoms with van der Waals surface area (Å²) in [6.07, 6.45) is 5.22. The Kier molecular flexibility index (Phi) is 9.41. The average Bonchev–Trinajstić information content (AvgIpc) is 3.64. The van der Waals surface area contributed by atoms with Crippen molar-refractivity contribution in [3.8, 4) is 5.75 Å². The number of halogens is 3. The maximum atomic E-state index is 15.5. The number of likely N-dealkylation sites (tertiary alicyclic amines) is 2. The van der Waals surface area contributed by atoms with E-state index in [1.807, 2.05) is 12.1 Å². The third-order valence-electron chi connectivity index (χ3n) is 8.48. The van der Waals surface area contributed by atoms with E-state index in [2.05, 4.69) is 11.8 Å². The van der Waals surface area contributed by atoms with Crippen LogP contribution >= 0.6 is 23.2 Å². The molecule has 1 unspecified atom stereocenters. The number of benzene rings is 2. The van der Waals surface area contributed by atoms with Gasteiger partial charge >= 0.3 is 5.97 Å². The first-order chi connectivity index (χ1) is 19.9. The van der Waals surface area contributed by atoms with Crippen LogP contribution in [0.2, 0.25) is 10.0 Å². The van der Waals surface area contributed by atoms with Crippen molar-refractivity contribution in [1.82, 2.24) is 9.80 Å². The van der Waals surface area contributed by atoms with Crippen LogP contribution in [-0.4, -0.2) is 59.6 Å². The molecule has 0 spiro atoms. The fourth-order valence-corrected chi connectivity index (χ4v) is 6.72. The van der Waals surface area contributed by atoms with Crippen LogP contribution in [0.1, 0.15) is 99.7 Å². The summed E-state index contributed by atoms with van der Waals surface area (Å²) in [5, 5.41) is 1.26. The first kappa shape index (κ1) is 31.1. The van der Waals surface area contributed by atoms with Gasteiger partial charge in [-0.1, -0.05) is 23.2 Å². The average molecular weight is 620 g/mol. The predicted octanol–water partition coefficient (Wildman–Crippen LogP) is 7.81. The smallest absolute Gasteiger partial charge is 0.329 e. The molecule has 9 heteroatoms. The van der Waals surface area contributed by atoms with Gasteiger partial charge in [0.15, 0.2) is 0 Å². The molecular formula is C33H41Cl2FN2O4. The van der Waals surface area contributed by atoms with Crippen LogP contribution in [0.4, 0.5) is 4.39 Å². The topological polar surface area (TPSA) is 59.1 Å². The van der Waals surface area contributed by atoms with Gasteiger partial charge in [0.25, 0.3) is 5.91 Å². The summed E-state index contributed by atoms with van der Waals surface area (Å²) in [7, 11) is 0. The highest BCUT2D eigenvalue weighted by Gasteiger charge is 2.39. The summed E-state index contributed by atoms with van der Waals surface area (Å²) in [6.45, 7) is 10.3. The number of rotatable bonds is 8. The standard InChI is InChI=1S/C33H41Cl2FN2O4/c1-20(23-13-24(34)15-25(35)14-23)37-11-5-7-21(18-37)19-41-30-17-28(36)27(16-26(30)22-9-10-22)31(39)38-12-6-8-29(38)32(40)42-33(2,3)4/h13-17,20-22,29H,5-12,18-19H2,1-4H3/t20?,21-,29-/m0/s1. The van der Waals surface area contributed by atoms with E-state index in [9.17, 15) is 9.59 Å². The Morgan fingerprint density at radius 2 is 1.69 bits per heavy atom. The van der Waals surface area contributed by atoms with Crippen molar-refractivity contribution in [2.75, 3.05) is 26.2 Å². The molecule has 0 aromatic heterocycles. The fourth-order valence-electron chi connectivity index (χ4n) is 6.17. The van der Waals surface area contributed by atoms with E-state index in [4.69, 9.17) is 32.7 Å². The monoisotopic (exact) mass is 618 g/mol. The molecule has 228 valence electrons. The van der Waals surface area contributed by atoms with Gasteiger partial charge in [0.1, 0.15) is 23.2 Å². The summed E-state index contributed by atoms with van der Waals surface area (Å²) >= 11 is 12.5. The summed E-state index contributed by atoms with van der Waals surface area (Å²) in [6, 6.07) is 8.16. The Morgan fingerprint density at radius 1 is 1.00 bits per heavy atom. The molecule has 2 aromatic carbocycles. The third kappa shape index (κ3) is 7.40. The minimum atomic E-state index is -0.698. The van der Waals surface area contributed by atoms with Crippen molar-refractivity contribution >= 4 is 35.1 Å². The van der Waals surface area contributed by atoms with E-state index < -0.39 is 29.3 Å². The number of amides is 1. The maximum absolute atomic E-state index is 15.5. The highest BCUT2D eigenvalue weighted by Crippen LogP contribution is 2.45.